The van der Waals surface area contributed by atoms with Crippen LogP contribution >= 0.6 is 23.8 Å². The first-order chi connectivity index (χ1) is 15.1. The highest BCUT2D eigenvalue weighted by molar-refractivity contribution is 7.90. The normalized spacial score (nSPS) is 15.9. The lowest BCUT2D eigenvalue weighted by molar-refractivity contribution is -0.122. The third kappa shape index (κ3) is 4.36. The van der Waals surface area contributed by atoms with Crippen molar-refractivity contribution in [1.29, 1.82) is 0 Å². The van der Waals surface area contributed by atoms with Gasteiger partial charge in [-0.1, -0.05) is 11.6 Å². The molecule has 0 bridgehead atoms. The number of carbonyl (C=O) groups excluding carboxylic acids is 2. The Balaban J connectivity index is 1.64. The molecule has 10 heteroatoms. The Kier molecular flexibility index (Phi) is 5.72. The molecule has 1 saturated heterocycles. The number of thiocarbonyl (C=S) groups is 1. The zero-order chi connectivity index (χ0) is 23.0. The maximum Gasteiger partial charge on any atom is 0.270 e. The van der Waals surface area contributed by atoms with Crippen LogP contribution in [0.15, 0.2) is 75.5 Å². The van der Waals surface area contributed by atoms with E-state index in [0.29, 0.717) is 22.0 Å². The van der Waals surface area contributed by atoms with Gasteiger partial charge in [-0.25, -0.2) is 8.42 Å². The number of anilines is 1. The summed E-state index contributed by atoms with van der Waals surface area (Å²) in [6.07, 6.45) is 2.46. The molecule has 0 atom stereocenters. The van der Waals surface area contributed by atoms with Gasteiger partial charge in [0.05, 0.1) is 10.6 Å². The second-order valence-corrected chi connectivity index (χ2v) is 9.77. The summed E-state index contributed by atoms with van der Waals surface area (Å²) >= 11 is 11.1. The van der Waals surface area contributed by atoms with Crippen molar-refractivity contribution in [3.05, 3.63) is 77.0 Å². The van der Waals surface area contributed by atoms with Crippen molar-refractivity contribution in [3.63, 3.8) is 0 Å². The van der Waals surface area contributed by atoms with Gasteiger partial charge in [-0.05, 0) is 79.0 Å². The monoisotopic (exact) mass is 486 g/mol. The zero-order valence-corrected chi connectivity index (χ0v) is 18.9. The van der Waals surface area contributed by atoms with Gasteiger partial charge in [-0.15, -0.1) is 0 Å². The molecule has 2 aromatic carbocycles. The summed E-state index contributed by atoms with van der Waals surface area (Å²) in [4.78, 5) is 26.8. The fourth-order valence-electron chi connectivity index (χ4n) is 3.08. The van der Waals surface area contributed by atoms with E-state index in [0.717, 1.165) is 6.26 Å². The maximum absolute atomic E-state index is 13.0. The standard InChI is InChI=1S/C22H15ClN2O5S2/c1-32(28,29)17-9-2-13(3-10-17)19-11-8-16(30-19)12-18-20(26)24-22(31)25(21(18)27)15-6-4-14(23)5-7-15/h2-12H,1H3,(H,24,26,31). The molecule has 162 valence electrons. The van der Waals surface area contributed by atoms with E-state index in [1.54, 1.807) is 48.5 Å². The van der Waals surface area contributed by atoms with Crippen molar-refractivity contribution in [2.75, 3.05) is 11.2 Å². The van der Waals surface area contributed by atoms with Gasteiger partial charge in [0.15, 0.2) is 14.9 Å². The number of nitrogens with one attached hydrogen (secondary N) is 1. The van der Waals surface area contributed by atoms with E-state index in [1.165, 1.54) is 23.1 Å². The SMILES string of the molecule is CS(=O)(=O)c1ccc(-c2ccc(C=C3C(=O)NC(=S)N(c4ccc(Cl)cc4)C3=O)o2)cc1. The van der Waals surface area contributed by atoms with E-state index in [1.807, 2.05) is 0 Å². The summed E-state index contributed by atoms with van der Waals surface area (Å²) in [5.74, 6) is -0.516. The van der Waals surface area contributed by atoms with Gasteiger partial charge >= 0.3 is 0 Å². The highest BCUT2D eigenvalue weighted by atomic mass is 35.5. The first kappa shape index (κ1) is 21.9. The van der Waals surface area contributed by atoms with Crippen LogP contribution in [0.25, 0.3) is 17.4 Å². The molecule has 2 heterocycles. The van der Waals surface area contributed by atoms with Crippen LogP contribution in [0.1, 0.15) is 5.76 Å². The van der Waals surface area contributed by atoms with Gasteiger partial charge in [0.2, 0.25) is 0 Å². The van der Waals surface area contributed by atoms with Crippen molar-refractivity contribution in [2.24, 2.45) is 0 Å². The Labute approximate surface area is 194 Å². The molecule has 1 aliphatic heterocycles. The zero-order valence-electron chi connectivity index (χ0n) is 16.5. The minimum atomic E-state index is -3.31. The number of nitrogens with zero attached hydrogens (tertiary/aromatic N) is 1. The van der Waals surface area contributed by atoms with Crippen molar-refractivity contribution in [3.8, 4) is 11.3 Å². The second-order valence-electron chi connectivity index (χ2n) is 6.93. The number of rotatable bonds is 4. The molecular formula is C22H15ClN2O5S2. The molecule has 1 aromatic heterocycles. The van der Waals surface area contributed by atoms with Crippen LogP contribution in [0.2, 0.25) is 5.02 Å². The molecule has 1 fully saturated rings. The van der Waals surface area contributed by atoms with E-state index in [2.05, 4.69) is 5.32 Å². The van der Waals surface area contributed by atoms with Gasteiger partial charge in [0, 0.05) is 16.8 Å². The Morgan fingerprint density at radius 1 is 1.00 bits per heavy atom. The van der Waals surface area contributed by atoms with E-state index in [9.17, 15) is 18.0 Å². The summed E-state index contributed by atoms with van der Waals surface area (Å²) in [7, 11) is -3.31. The lowest BCUT2D eigenvalue weighted by atomic mass is 10.1. The average molecular weight is 487 g/mol. The number of halogens is 1. The van der Waals surface area contributed by atoms with E-state index in [-0.39, 0.29) is 21.3 Å². The highest BCUT2D eigenvalue weighted by Crippen LogP contribution is 2.27. The molecule has 3 aromatic rings. The van der Waals surface area contributed by atoms with Crippen LogP contribution in [0.5, 0.6) is 0 Å². The van der Waals surface area contributed by atoms with Crippen LogP contribution < -0.4 is 10.2 Å². The number of benzene rings is 2. The molecule has 1 aliphatic rings. The fraction of sp³-hybridized carbons (Fsp3) is 0.0455. The Hall–Kier alpha value is -3.27. The Morgan fingerprint density at radius 3 is 2.28 bits per heavy atom. The summed E-state index contributed by atoms with van der Waals surface area (Å²) in [5, 5.41) is 2.96. The topological polar surface area (TPSA) is 96.7 Å². The highest BCUT2D eigenvalue weighted by Gasteiger charge is 2.34. The van der Waals surface area contributed by atoms with Crippen molar-refractivity contribution >= 4 is 62.3 Å². The second kappa shape index (κ2) is 8.34. The molecule has 0 aliphatic carbocycles. The van der Waals surface area contributed by atoms with Gasteiger partial charge in [0.1, 0.15) is 17.1 Å². The summed E-state index contributed by atoms with van der Waals surface area (Å²) < 4.78 is 29.0. The quantitative estimate of drug-likeness (QED) is 0.342. The third-order valence-electron chi connectivity index (χ3n) is 4.67. The van der Waals surface area contributed by atoms with Crippen LogP contribution in [0, 0.1) is 0 Å². The summed E-state index contributed by atoms with van der Waals surface area (Å²) in [6, 6.07) is 15.9. The minimum absolute atomic E-state index is 0.0365. The number of hydrogen-bond donors (Lipinski definition) is 1. The molecule has 0 unspecified atom stereocenters. The Bertz CT molecular complexity index is 1370. The van der Waals surface area contributed by atoms with Crippen molar-refractivity contribution < 1.29 is 22.4 Å². The first-order valence-corrected chi connectivity index (χ1v) is 11.9. The van der Waals surface area contributed by atoms with Gasteiger partial charge in [0.25, 0.3) is 11.8 Å². The number of sulfone groups is 1. The molecule has 0 spiro atoms. The lowest BCUT2D eigenvalue weighted by Gasteiger charge is -2.28. The summed E-state index contributed by atoms with van der Waals surface area (Å²) in [6.45, 7) is 0. The van der Waals surface area contributed by atoms with Gasteiger partial charge < -0.3 is 4.42 Å². The molecule has 2 amide bonds. The maximum atomic E-state index is 13.0. The Morgan fingerprint density at radius 2 is 1.66 bits per heavy atom. The van der Waals surface area contributed by atoms with Crippen molar-refractivity contribution in [1.82, 2.24) is 5.32 Å². The molecule has 7 nitrogen and oxygen atoms in total. The van der Waals surface area contributed by atoms with Gasteiger partial charge in [-0.3, -0.25) is 19.8 Å². The number of amides is 2. The predicted molar refractivity (Wildman–Crippen MR) is 125 cm³/mol. The van der Waals surface area contributed by atoms with E-state index >= 15 is 0 Å². The fourth-order valence-corrected chi connectivity index (χ4v) is 4.11. The number of carbonyl (C=O) groups is 2. The number of hydrogen-bond acceptors (Lipinski definition) is 6. The van der Waals surface area contributed by atoms with Crippen LogP contribution in [-0.4, -0.2) is 31.6 Å². The largest absolute Gasteiger partial charge is 0.457 e. The average Bonchev–Trinajstić information content (AvgIpc) is 3.20. The van der Waals surface area contributed by atoms with Crippen LogP contribution in [-0.2, 0) is 19.4 Å². The lowest BCUT2D eigenvalue weighted by Crippen LogP contribution is -2.54. The molecule has 32 heavy (non-hydrogen) atoms. The first-order valence-electron chi connectivity index (χ1n) is 9.21. The molecule has 0 saturated carbocycles. The molecule has 4 rings (SSSR count). The van der Waals surface area contributed by atoms with Crippen LogP contribution in [0.3, 0.4) is 0 Å². The smallest absolute Gasteiger partial charge is 0.270 e. The van der Waals surface area contributed by atoms with E-state index < -0.39 is 21.7 Å². The summed E-state index contributed by atoms with van der Waals surface area (Å²) in [5.41, 5.74) is 0.953. The minimum Gasteiger partial charge on any atom is -0.457 e. The molecular weight excluding hydrogens is 472 g/mol. The van der Waals surface area contributed by atoms with Crippen LogP contribution in [0.4, 0.5) is 5.69 Å². The number of furan rings is 1. The van der Waals surface area contributed by atoms with Crippen molar-refractivity contribution in [2.45, 2.75) is 4.90 Å². The molecule has 0 radical (unpaired) electrons. The predicted octanol–water partition coefficient (Wildman–Crippen LogP) is 3.83. The van der Waals surface area contributed by atoms with Gasteiger partial charge in [-0.2, -0.15) is 0 Å². The molecule has 1 N–H and O–H groups in total. The van der Waals surface area contributed by atoms with E-state index in [4.69, 9.17) is 28.2 Å². The third-order valence-corrected chi connectivity index (χ3v) is 6.33.